The highest BCUT2D eigenvalue weighted by molar-refractivity contribution is 5.95. The van der Waals surface area contributed by atoms with Gasteiger partial charge in [-0.15, -0.1) is 0 Å². The smallest absolute Gasteiger partial charge is 0.228 e. The molecule has 0 aromatic heterocycles. The zero-order valence-corrected chi connectivity index (χ0v) is 14.8. The maximum absolute atomic E-state index is 13.3. The Hall–Kier alpha value is -2.76. The molecule has 1 aliphatic heterocycles. The van der Waals surface area contributed by atoms with Crippen molar-refractivity contribution in [1.82, 2.24) is 4.90 Å². The van der Waals surface area contributed by atoms with Crippen LogP contribution in [0.3, 0.4) is 0 Å². The molecule has 0 bridgehead atoms. The van der Waals surface area contributed by atoms with E-state index in [0.29, 0.717) is 18.8 Å². The molecule has 1 heterocycles. The van der Waals surface area contributed by atoms with Crippen LogP contribution in [0, 0.1) is 23.0 Å². The lowest BCUT2D eigenvalue weighted by Gasteiger charge is -2.17. The molecule has 1 N–H and O–H groups in total. The van der Waals surface area contributed by atoms with Crippen molar-refractivity contribution in [2.24, 2.45) is 11.3 Å². The van der Waals surface area contributed by atoms with Crippen molar-refractivity contribution in [1.29, 1.82) is 0 Å². The number of rotatable bonds is 4. The van der Waals surface area contributed by atoms with Gasteiger partial charge in [-0.3, -0.25) is 9.59 Å². The minimum absolute atomic E-state index is 0.00493. The van der Waals surface area contributed by atoms with E-state index in [9.17, 15) is 18.4 Å². The fourth-order valence-corrected chi connectivity index (χ4v) is 3.96. The average Bonchev–Trinajstić information content (AvgIpc) is 3.17. The Kier molecular flexibility index (Phi) is 4.42. The summed E-state index contributed by atoms with van der Waals surface area (Å²) in [6.07, 6.45) is 1.77. The lowest BCUT2D eigenvalue weighted by Crippen LogP contribution is -2.31. The van der Waals surface area contributed by atoms with E-state index in [2.05, 4.69) is 5.32 Å². The number of carbonyl (C=O) groups is 2. The molecule has 2 atom stereocenters. The third kappa shape index (κ3) is 3.70. The second-order valence-electron chi connectivity index (χ2n) is 7.49. The van der Waals surface area contributed by atoms with Crippen LogP contribution in [0.2, 0.25) is 0 Å². The topological polar surface area (TPSA) is 49.4 Å². The third-order valence-electron chi connectivity index (χ3n) is 5.61. The number of hydrogen-bond donors (Lipinski definition) is 1. The summed E-state index contributed by atoms with van der Waals surface area (Å²) in [5.41, 5.74) is 1.07. The van der Waals surface area contributed by atoms with Crippen molar-refractivity contribution < 1.29 is 18.4 Å². The van der Waals surface area contributed by atoms with Crippen LogP contribution in [-0.2, 0) is 16.0 Å². The summed E-state index contributed by atoms with van der Waals surface area (Å²) in [4.78, 5) is 26.8. The average molecular weight is 370 g/mol. The van der Waals surface area contributed by atoms with Gasteiger partial charge in [-0.1, -0.05) is 18.2 Å². The minimum Gasteiger partial charge on any atom is -0.342 e. The van der Waals surface area contributed by atoms with Crippen LogP contribution in [0.1, 0.15) is 18.4 Å². The Morgan fingerprint density at radius 3 is 2.63 bits per heavy atom. The van der Waals surface area contributed by atoms with Crippen molar-refractivity contribution in [3.8, 4) is 0 Å². The fourth-order valence-electron chi connectivity index (χ4n) is 3.96. The fraction of sp³-hybridized carbons (Fsp3) is 0.333. The molecule has 4 nitrogen and oxygen atoms in total. The molecular formula is C21H20F2N2O2. The Labute approximate surface area is 156 Å². The van der Waals surface area contributed by atoms with Gasteiger partial charge in [0.15, 0.2) is 0 Å². The van der Waals surface area contributed by atoms with E-state index in [1.54, 1.807) is 29.2 Å². The molecule has 2 fully saturated rings. The van der Waals surface area contributed by atoms with Crippen molar-refractivity contribution in [2.75, 3.05) is 18.4 Å². The zero-order valence-electron chi connectivity index (χ0n) is 14.8. The number of hydrogen-bond acceptors (Lipinski definition) is 2. The summed E-state index contributed by atoms with van der Waals surface area (Å²) >= 11 is 0. The number of anilines is 1. The second-order valence-corrected chi connectivity index (χ2v) is 7.49. The number of likely N-dealkylation sites (tertiary alicyclic amines) is 1. The van der Waals surface area contributed by atoms with E-state index in [1.165, 1.54) is 24.3 Å². The molecular weight excluding hydrogens is 350 g/mol. The van der Waals surface area contributed by atoms with Gasteiger partial charge in [0.05, 0.1) is 6.42 Å². The van der Waals surface area contributed by atoms with Crippen LogP contribution in [-0.4, -0.2) is 29.8 Å². The number of amides is 2. The van der Waals surface area contributed by atoms with Crippen molar-refractivity contribution in [2.45, 2.75) is 19.3 Å². The van der Waals surface area contributed by atoms with Crippen molar-refractivity contribution in [3.05, 3.63) is 65.7 Å². The first-order chi connectivity index (χ1) is 12.9. The van der Waals surface area contributed by atoms with Crippen LogP contribution in [0.15, 0.2) is 48.5 Å². The number of nitrogens with one attached hydrogen (secondary N) is 1. The Morgan fingerprint density at radius 1 is 1.11 bits per heavy atom. The molecule has 6 heteroatoms. The predicted molar refractivity (Wildman–Crippen MR) is 96.9 cm³/mol. The monoisotopic (exact) mass is 370 g/mol. The lowest BCUT2D eigenvalue weighted by atomic mass is 10.0. The van der Waals surface area contributed by atoms with E-state index >= 15 is 0 Å². The van der Waals surface area contributed by atoms with Crippen LogP contribution < -0.4 is 5.32 Å². The van der Waals surface area contributed by atoms with Gasteiger partial charge in [0.25, 0.3) is 0 Å². The van der Waals surface area contributed by atoms with Gasteiger partial charge in [0, 0.05) is 30.1 Å². The molecule has 1 saturated carbocycles. The van der Waals surface area contributed by atoms with Gasteiger partial charge < -0.3 is 10.2 Å². The van der Waals surface area contributed by atoms with E-state index in [1.807, 2.05) is 0 Å². The summed E-state index contributed by atoms with van der Waals surface area (Å²) in [5, 5.41) is 2.77. The summed E-state index contributed by atoms with van der Waals surface area (Å²) in [7, 11) is 0. The number of nitrogens with zero attached hydrogens (tertiary/aromatic N) is 1. The van der Waals surface area contributed by atoms with Gasteiger partial charge >= 0.3 is 0 Å². The van der Waals surface area contributed by atoms with Crippen LogP contribution in [0.25, 0.3) is 0 Å². The molecule has 4 rings (SSSR count). The van der Waals surface area contributed by atoms with Gasteiger partial charge in [0.1, 0.15) is 11.6 Å². The van der Waals surface area contributed by atoms with Gasteiger partial charge in [-0.05, 0) is 48.7 Å². The Morgan fingerprint density at radius 2 is 1.89 bits per heavy atom. The quantitative estimate of drug-likeness (QED) is 0.897. The highest BCUT2D eigenvalue weighted by Crippen LogP contribution is 2.58. The van der Waals surface area contributed by atoms with E-state index in [0.717, 1.165) is 18.4 Å². The number of carbonyl (C=O) groups excluding carboxylic acids is 2. The summed E-state index contributed by atoms with van der Waals surface area (Å²) in [5.74, 6) is -0.985. The SMILES string of the molecule is O=C(Nc1cccc(F)c1)[C@H]1C[C@]12CCN(C(=O)Cc1ccc(F)cc1)C2. The summed E-state index contributed by atoms with van der Waals surface area (Å²) in [6.45, 7) is 1.19. The first-order valence-electron chi connectivity index (χ1n) is 9.04. The van der Waals surface area contributed by atoms with Crippen LogP contribution >= 0.6 is 0 Å². The van der Waals surface area contributed by atoms with Gasteiger partial charge in [-0.2, -0.15) is 0 Å². The first kappa shape index (κ1) is 17.6. The molecule has 0 unspecified atom stereocenters. The molecule has 140 valence electrons. The third-order valence-corrected chi connectivity index (χ3v) is 5.61. The second kappa shape index (κ2) is 6.76. The molecule has 2 aromatic rings. The largest absolute Gasteiger partial charge is 0.342 e. The summed E-state index contributed by atoms with van der Waals surface area (Å²) < 4.78 is 26.2. The zero-order chi connectivity index (χ0) is 19.0. The molecule has 27 heavy (non-hydrogen) atoms. The van der Waals surface area contributed by atoms with Crippen molar-refractivity contribution >= 4 is 17.5 Å². The van der Waals surface area contributed by atoms with Crippen LogP contribution in [0.5, 0.6) is 0 Å². The minimum atomic E-state index is -0.392. The molecule has 0 radical (unpaired) electrons. The molecule has 2 amide bonds. The lowest BCUT2D eigenvalue weighted by molar-refractivity contribution is -0.129. The van der Waals surface area contributed by atoms with E-state index < -0.39 is 5.82 Å². The molecule has 1 spiro atoms. The Bertz CT molecular complexity index is 884. The number of benzene rings is 2. The summed E-state index contributed by atoms with van der Waals surface area (Å²) in [6, 6.07) is 11.8. The maximum Gasteiger partial charge on any atom is 0.228 e. The van der Waals surface area contributed by atoms with E-state index in [4.69, 9.17) is 0 Å². The maximum atomic E-state index is 13.3. The highest BCUT2D eigenvalue weighted by Gasteiger charge is 2.61. The Balaban J connectivity index is 1.33. The van der Waals surface area contributed by atoms with Crippen molar-refractivity contribution in [3.63, 3.8) is 0 Å². The van der Waals surface area contributed by atoms with E-state index in [-0.39, 0.29) is 35.4 Å². The molecule has 1 saturated heterocycles. The standard InChI is InChI=1S/C21H20F2N2O2/c22-15-6-4-14(5-7-15)10-19(26)25-9-8-21(13-25)12-18(21)20(27)24-17-3-1-2-16(23)11-17/h1-7,11,18H,8-10,12-13H2,(H,24,27)/t18-,21+/m1/s1. The normalized spacial score (nSPS) is 23.5. The first-order valence-corrected chi connectivity index (χ1v) is 9.04. The van der Waals surface area contributed by atoms with Crippen LogP contribution in [0.4, 0.5) is 14.5 Å². The van der Waals surface area contributed by atoms with Gasteiger partial charge in [0.2, 0.25) is 11.8 Å². The molecule has 2 aromatic carbocycles. The number of halogens is 2. The predicted octanol–water partition coefficient (Wildman–Crippen LogP) is 3.38. The highest BCUT2D eigenvalue weighted by atomic mass is 19.1. The molecule has 2 aliphatic rings. The molecule has 1 aliphatic carbocycles. The van der Waals surface area contributed by atoms with Gasteiger partial charge in [-0.25, -0.2) is 8.78 Å².